The van der Waals surface area contributed by atoms with Gasteiger partial charge in [0.15, 0.2) is 5.60 Å². The van der Waals surface area contributed by atoms with Crippen molar-refractivity contribution in [1.82, 2.24) is 0 Å². The molecule has 28 heavy (non-hydrogen) atoms. The van der Waals surface area contributed by atoms with Gasteiger partial charge < -0.3 is 10.0 Å². The molecule has 2 rings (SSSR count). The van der Waals surface area contributed by atoms with Crippen molar-refractivity contribution in [1.29, 1.82) is 0 Å². The summed E-state index contributed by atoms with van der Waals surface area (Å²) >= 11 is 0. The van der Waals surface area contributed by atoms with Gasteiger partial charge in [0, 0.05) is 19.8 Å². The summed E-state index contributed by atoms with van der Waals surface area (Å²) in [5.41, 5.74) is -6.84. The molecule has 0 aliphatic heterocycles. The van der Waals surface area contributed by atoms with Crippen LogP contribution < -0.4 is 4.90 Å². The smallest absolute Gasteiger partial charge is 0.378 e. The third-order valence-corrected chi connectivity index (χ3v) is 4.22. The van der Waals surface area contributed by atoms with Crippen molar-refractivity contribution < 1.29 is 40.2 Å². The third-order valence-electron chi connectivity index (χ3n) is 4.22. The van der Waals surface area contributed by atoms with Crippen LogP contribution in [0.4, 0.5) is 40.8 Å². The fourth-order valence-corrected chi connectivity index (χ4v) is 2.64. The monoisotopic (exact) mass is 413 g/mol. The van der Waals surface area contributed by atoms with E-state index in [1.807, 2.05) is 0 Å². The first-order valence-electron chi connectivity index (χ1n) is 7.75. The van der Waals surface area contributed by atoms with Crippen LogP contribution in [-0.2, 0) is 11.8 Å². The third kappa shape index (κ3) is 3.65. The number of aliphatic hydroxyl groups is 1. The van der Waals surface area contributed by atoms with Crippen LogP contribution in [0, 0.1) is 0 Å². The maximum absolute atomic E-state index is 14.4. The van der Waals surface area contributed by atoms with Crippen molar-refractivity contribution >= 4 is 5.69 Å². The Kier molecular flexibility index (Phi) is 5.41. The van der Waals surface area contributed by atoms with Gasteiger partial charge in [-0.1, -0.05) is 24.3 Å². The minimum Gasteiger partial charge on any atom is -0.378 e. The minimum atomic E-state index is -6.17. The maximum atomic E-state index is 14.4. The average molecular weight is 413 g/mol. The van der Waals surface area contributed by atoms with Crippen LogP contribution in [0.1, 0.15) is 16.7 Å². The highest BCUT2D eigenvalue weighted by Crippen LogP contribution is 2.52. The van der Waals surface area contributed by atoms with Crippen LogP contribution in [0.2, 0.25) is 0 Å². The Bertz CT molecular complexity index is 827. The van der Waals surface area contributed by atoms with E-state index in [1.165, 1.54) is 25.1 Å². The van der Waals surface area contributed by atoms with Crippen molar-refractivity contribution in [2.45, 2.75) is 23.9 Å². The largest absolute Gasteiger partial charge is 0.457 e. The second-order valence-corrected chi connectivity index (χ2v) is 6.30. The van der Waals surface area contributed by atoms with Gasteiger partial charge in [0.05, 0.1) is 5.56 Å². The predicted octanol–water partition coefficient (Wildman–Crippen LogP) is 5.20. The Morgan fingerprint density at radius 3 is 1.64 bits per heavy atom. The first kappa shape index (κ1) is 21.9. The van der Waals surface area contributed by atoms with Gasteiger partial charge in [-0.2, -0.15) is 35.1 Å². The van der Waals surface area contributed by atoms with E-state index in [9.17, 15) is 40.2 Å². The molecule has 0 spiro atoms. The lowest BCUT2D eigenvalue weighted by atomic mass is 9.80. The first-order chi connectivity index (χ1) is 12.6. The summed E-state index contributed by atoms with van der Waals surface area (Å²) in [5.74, 6) is -5.69. The van der Waals surface area contributed by atoms with Crippen LogP contribution in [0.15, 0.2) is 48.5 Å². The molecule has 2 aromatic carbocycles. The van der Waals surface area contributed by atoms with Gasteiger partial charge in [0.2, 0.25) is 0 Å². The molecule has 1 unspecified atom stereocenters. The SMILES string of the molecule is CN(C)c1cccc(C(O)(c2ccc(C(F)(F)F)cc2)C(F)(F)C(F)(F)F)c1. The molecule has 0 radical (unpaired) electrons. The van der Waals surface area contributed by atoms with Crippen molar-refractivity contribution in [2.75, 3.05) is 19.0 Å². The summed E-state index contributed by atoms with van der Waals surface area (Å²) in [5, 5.41) is 10.6. The maximum Gasteiger partial charge on any atom is 0.457 e. The highest BCUT2D eigenvalue weighted by atomic mass is 19.4. The number of alkyl halides is 8. The zero-order valence-electron chi connectivity index (χ0n) is 14.5. The van der Waals surface area contributed by atoms with Crippen molar-refractivity contribution in [3.8, 4) is 0 Å². The predicted molar refractivity (Wildman–Crippen MR) is 86.2 cm³/mol. The van der Waals surface area contributed by atoms with E-state index in [4.69, 9.17) is 0 Å². The number of nitrogens with zero attached hydrogens (tertiary/aromatic N) is 1. The molecule has 0 aromatic heterocycles. The van der Waals surface area contributed by atoms with Gasteiger partial charge in [-0.25, -0.2) is 0 Å². The van der Waals surface area contributed by atoms with Crippen molar-refractivity contribution in [2.24, 2.45) is 0 Å². The normalized spacial score (nSPS) is 15.2. The number of halogens is 8. The second kappa shape index (κ2) is 6.91. The summed E-state index contributed by atoms with van der Waals surface area (Å²) in [7, 11) is 3.00. The zero-order valence-corrected chi connectivity index (χ0v) is 14.5. The van der Waals surface area contributed by atoms with Crippen LogP contribution >= 0.6 is 0 Å². The van der Waals surface area contributed by atoms with Crippen LogP contribution in [0.5, 0.6) is 0 Å². The van der Waals surface area contributed by atoms with E-state index in [1.54, 1.807) is 0 Å². The fourth-order valence-electron chi connectivity index (χ4n) is 2.64. The number of hydrogen-bond acceptors (Lipinski definition) is 2. The molecule has 0 heterocycles. The molecule has 2 nitrogen and oxygen atoms in total. The minimum absolute atomic E-state index is 0.209. The molecule has 154 valence electrons. The number of rotatable bonds is 4. The molecule has 0 saturated carbocycles. The van der Waals surface area contributed by atoms with E-state index < -0.39 is 40.6 Å². The zero-order chi connectivity index (χ0) is 21.5. The Morgan fingerprint density at radius 1 is 0.714 bits per heavy atom. The molecule has 0 bridgehead atoms. The number of anilines is 1. The van der Waals surface area contributed by atoms with E-state index in [2.05, 4.69) is 0 Å². The Labute approximate surface area is 155 Å². The van der Waals surface area contributed by atoms with Gasteiger partial charge >= 0.3 is 18.3 Å². The Morgan fingerprint density at radius 2 is 1.21 bits per heavy atom. The van der Waals surface area contributed by atoms with E-state index in [0.717, 1.165) is 18.2 Å². The average Bonchev–Trinajstić information content (AvgIpc) is 2.59. The highest BCUT2D eigenvalue weighted by molar-refractivity contribution is 5.52. The molecule has 1 N–H and O–H groups in total. The lowest BCUT2D eigenvalue weighted by molar-refractivity contribution is -0.336. The molecule has 0 aliphatic rings. The quantitative estimate of drug-likeness (QED) is 0.697. The van der Waals surface area contributed by atoms with Gasteiger partial charge in [-0.05, 0) is 35.4 Å². The number of benzene rings is 2. The molecule has 2 aromatic rings. The molecule has 0 fully saturated rings. The lowest BCUT2D eigenvalue weighted by Crippen LogP contribution is -2.55. The molecule has 0 aliphatic carbocycles. The van der Waals surface area contributed by atoms with Gasteiger partial charge in [0.1, 0.15) is 0 Å². The summed E-state index contributed by atoms with van der Waals surface area (Å²) in [6, 6.07) is 5.82. The summed E-state index contributed by atoms with van der Waals surface area (Å²) in [6.07, 6.45) is -11.0. The summed E-state index contributed by atoms with van der Waals surface area (Å²) < 4.78 is 106. The molecule has 0 saturated heterocycles. The van der Waals surface area contributed by atoms with Gasteiger partial charge in [-0.3, -0.25) is 0 Å². The van der Waals surface area contributed by atoms with E-state index in [-0.39, 0.29) is 5.69 Å². The number of hydrogen-bond donors (Lipinski definition) is 1. The first-order valence-corrected chi connectivity index (χ1v) is 7.75. The second-order valence-electron chi connectivity index (χ2n) is 6.30. The molecular weight excluding hydrogens is 398 g/mol. The van der Waals surface area contributed by atoms with Crippen LogP contribution in [-0.4, -0.2) is 31.3 Å². The molecule has 0 amide bonds. The van der Waals surface area contributed by atoms with Crippen molar-refractivity contribution in [3.63, 3.8) is 0 Å². The lowest BCUT2D eigenvalue weighted by Gasteiger charge is -2.38. The summed E-state index contributed by atoms with van der Waals surface area (Å²) in [6.45, 7) is 0. The standard InChI is InChI=1S/C18H15F8NO/c1-27(2)14-5-3-4-13(10-14)15(28,17(22,23)18(24,25)26)11-6-8-12(9-7-11)16(19,20)21/h3-10,28H,1-2H3. The fraction of sp³-hybridized carbons (Fsp3) is 0.333. The van der Waals surface area contributed by atoms with Crippen LogP contribution in [0.3, 0.4) is 0 Å². The Balaban J connectivity index is 2.76. The van der Waals surface area contributed by atoms with Crippen LogP contribution in [0.25, 0.3) is 0 Å². The molecular formula is C18H15F8NO. The summed E-state index contributed by atoms with van der Waals surface area (Å²) in [4.78, 5) is 1.41. The van der Waals surface area contributed by atoms with Gasteiger partial charge in [-0.15, -0.1) is 0 Å². The molecule has 1 atom stereocenters. The van der Waals surface area contributed by atoms with Crippen molar-refractivity contribution in [3.05, 3.63) is 65.2 Å². The van der Waals surface area contributed by atoms with Gasteiger partial charge in [0.25, 0.3) is 0 Å². The molecule has 10 heteroatoms. The highest BCUT2D eigenvalue weighted by Gasteiger charge is 2.71. The Hall–Kier alpha value is -2.36. The van der Waals surface area contributed by atoms with E-state index >= 15 is 0 Å². The van der Waals surface area contributed by atoms with E-state index in [0.29, 0.717) is 24.3 Å². The topological polar surface area (TPSA) is 23.5 Å².